The molecule has 0 unspecified atom stereocenters. The van der Waals surface area contributed by atoms with Crippen LogP contribution >= 0.6 is 0 Å². The Hall–Kier alpha value is -2.68. The van der Waals surface area contributed by atoms with Crippen LogP contribution in [0.5, 0.6) is 0 Å². The molecule has 0 atom stereocenters. The van der Waals surface area contributed by atoms with E-state index in [1.807, 2.05) is 0 Å². The van der Waals surface area contributed by atoms with Crippen LogP contribution in [0.2, 0.25) is 0 Å². The van der Waals surface area contributed by atoms with Gasteiger partial charge in [0.05, 0.1) is 28.7 Å². The smallest absolute Gasteiger partial charge is 0.264 e. The largest absolute Gasteiger partial charge is 0.569 e. The Morgan fingerprint density at radius 3 is 2.35 bits per heavy atom. The molecule has 124 valence electrons. The van der Waals surface area contributed by atoms with Gasteiger partial charge in [0.2, 0.25) is 12.0 Å². The van der Waals surface area contributed by atoms with Crippen molar-refractivity contribution in [1.82, 2.24) is 9.91 Å². The van der Waals surface area contributed by atoms with Gasteiger partial charge in [-0.25, -0.2) is 4.90 Å². The molecule has 0 saturated carbocycles. The number of carbonyl (C=O) groups is 2. The monoisotopic (exact) mass is 322 g/mol. The molecule has 23 heavy (non-hydrogen) atoms. The molecule has 0 saturated heterocycles. The number of rotatable bonds is 7. The van der Waals surface area contributed by atoms with Crippen LogP contribution in [0, 0.1) is 5.21 Å². The van der Waals surface area contributed by atoms with E-state index < -0.39 is 18.5 Å². The summed E-state index contributed by atoms with van der Waals surface area (Å²) in [7, 11) is 0. The number of hydrazine groups is 1. The highest BCUT2D eigenvalue weighted by Gasteiger charge is 2.35. The SMILES string of the molecule is CC(C)N(CCO)/[N+]([O-])=N\OCN1C(=O)c2ccccc2C1=O. The van der Waals surface area contributed by atoms with E-state index in [0.29, 0.717) is 11.1 Å². The van der Waals surface area contributed by atoms with Gasteiger partial charge in [0.1, 0.15) is 6.54 Å². The van der Waals surface area contributed by atoms with Crippen LogP contribution < -0.4 is 0 Å². The second-order valence-electron chi connectivity index (χ2n) is 5.16. The van der Waals surface area contributed by atoms with Crippen molar-refractivity contribution in [2.24, 2.45) is 5.28 Å². The van der Waals surface area contributed by atoms with Crippen LogP contribution in [0.1, 0.15) is 34.6 Å². The number of hydrogen-bond donors (Lipinski definition) is 1. The summed E-state index contributed by atoms with van der Waals surface area (Å²) in [5, 5.41) is 25.2. The Bertz CT molecular complexity index is 596. The number of benzene rings is 1. The minimum absolute atomic E-state index is 0.0844. The molecule has 0 bridgehead atoms. The molecule has 0 radical (unpaired) electrons. The molecule has 9 heteroatoms. The molecule has 0 aromatic heterocycles. The van der Waals surface area contributed by atoms with Crippen molar-refractivity contribution in [3.8, 4) is 0 Å². The van der Waals surface area contributed by atoms with Gasteiger partial charge in [0.15, 0.2) is 0 Å². The lowest BCUT2D eigenvalue weighted by Gasteiger charge is -2.20. The fourth-order valence-electron chi connectivity index (χ4n) is 2.18. The maximum atomic E-state index is 12.1. The van der Waals surface area contributed by atoms with E-state index in [9.17, 15) is 14.8 Å². The van der Waals surface area contributed by atoms with Crippen LogP contribution in [-0.2, 0) is 4.84 Å². The van der Waals surface area contributed by atoms with Gasteiger partial charge in [0, 0.05) is 0 Å². The first-order valence-electron chi connectivity index (χ1n) is 7.10. The maximum Gasteiger partial charge on any atom is 0.264 e. The molecule has 1 aliphatic heterocycles. The molecule has 2 amide bonds. The summed E-state index contributed by atoms with van der Waals surface area (Å²) < 4.78 is 0. The van der Waals surface area contributed by atoms with Gasteiger partial charge in [-0.3, -0.25) is 9.59 Å². The van der Waals surface area contributed by atoms with Crippen LogP contribution in [-0.4, -0.2) is 57.7 Å². The lowest BCUT2D eigenvalue weighted by Crippen LogP contribution is -2.39. The standard InChI is InChI=1S/C14H18N4O5/c1-10(2)17(7-8-19)18(22)15-23-9-16-13(20)11-5-3-4-6-12(11)14(16)21/h3-6,10,19H,7-9H2,1-2H3/b18-15+. The van der Waals surface area contributed by atoms with Crippen molar-refractivity contribution in [3.63, 3.8) is 0 Å². The van der Waals surface area contributed by atoms with Crippen molar-refractivity contribution in [2.45, 2.75) is 19.9 Å². The Balaban J connectivity index is 2.01. The van der Waals surface area contributed by atoms with E-state index in [0.717, 1.165) is 4.90 Å². The lowest BCUT2D eigenvalue weighted by atomic mass is 10.1. The normalized spacial score (nSPS) is 14.4. The number of fused-ring (bicyclic) bond motifs is 1. The van der Waals surface area contributed by atoms with E-state index in [4.69, 9.17) is 9.94 Å². The Labute approximate surface area is 132 Å². The van der Waals surface area contributed by atoms with E-state index in [1.54, 1.807) is 38.1 Å². The number of amides is 2. The second-order valence-corrected chi connectivity index (χ2v) is 5.16. The summed E-state index contributed by atoms with van der Waals surface area (Å²) in [5.41, 5.74) is 0.591. The second kappa shape index (κ2) is 7.05. The van der Waals surface area contributed by atoms with Gasteiger partial charge >= 0.3 is 0 Å². The van der Waals surface area contributed by atoms with Crippen LogP contribution in [0.3, 0.4) is 0 Å². The molecule has 0 spiro atoms. The van der Waals surface area contributed by atoms with Gasteiger partial charge in [-0.15, -0.1) is 5.01 Å². The summed E-state index contributed by atoms with van der Waals surface area (Å²) in [6.45, 7) is 2.91. The van der Waals surface area contributed by atoms with Gasteiger partial charge in [-0.2, -0.15) is 0 Å². The van der Waals surface area contributed by atoms with E-state index in [1.165, 1.54) is 5.01 Å². The first kappa shape index (κ1) is 16.7. The summed E-state index contributed by atoms with van der Waals surface area (Å²) in [6, 6.07) is 6.22. The van der Waals surface area contributed by atoms with Gasteiger partial charge in [-0.1, -0.05) is 12.1 Å². The van der Waals surface area contributed by atoms with E-state index >= 15 is 0 Å². The number of carbonyl (C=O) groups excluding carboxylic acids is 2. The van der Waals surface area contributed by atoms with Gasteiger partial charge < -0.3 is 15.2 Å². The van der Waals surface area contributed by atoms with Crippen LogP contribution in [0.15, 0.2) is 29.5 Å². The predicted molar refractivity (Wildman–Crippen MR) is 77.9 cm³/mol. The molecule has 1 N–H and O–H groups in total. The maximum absolute atomic E-state index is 12.1. The van der Waals surface area contributed by atoms with E-state index in [2.05, 4.69) is 5.28 Å². The summed E-state index contributed by atoms with van der Waals surface area (Å²) in [4.78, 5) is 30.0. The van der Waals surface area contributed by atoms with Gasteiger partial charge in [-0.05, 0) is 26.0 Å². The average Bonchev–Trinajstić information content (AvgIpc) is 2.77. The molecule has 1 heterocycles. The molecule has 0 fully saturated rings. The van der Waals surface area contributed by atoms with Gasteiger partial charge in [0.25, 0.3) is 11.8 Å². The summed E-state index contributed by atoms with van der Waals surface area (Å²) >= 11 is 0. The Kier molecular flexibility index (Phi) is 5.12. The molecule has 1 aromatic carbocycles. The number of nitrogens with zero attached hydrogens (tertiary/aromatic N) is 4. The lowest BCUT2D eigenvalue weighted by molar-refractivity contribution is -0.717. The van der Waals surface area contributed by atoms with Crippen LogP contribution in [0.4, 0.5) is 0 Å². The minimum atomic E-state index is -0.491. The number of aliphatic hydroxyl groups is 1. The molecular formula is C14H18N4O5. The zero-order valence-corrected chi connectivity index (χ0v) is 12.9. The van der Waals surface area contributed by atoms with Crippen molar-refractivity contribution in [1.29, 1.82) is 0 Å². The third-order valence-electron chi connectivity index (χ3n) is 3.34. The first-order chi connectivity index (χ1) is 11.0. The predicted octanol–water partition coefficient (Wildman–Crippen LogP) is 0.752. The third kappa shape index (κ3) is 3.39. The zero-order chi connectivity index (χ0) is 17.0. The molecular weight excluding hydrogens is 304 g/mol. The highest BCUT2D eigenvalue weighted by Crippen LogP contribution is 2.22. The quantitative estimate of drug-likeness (QED) is 0.343. The van der Waals surface area contributed by atoms with Crippen molar-refractivity contribution < 1.29 is 24.5 Å². The van der Waals surface area contributed by atoms with Crippen molar-refractivity contribution >= 4 is 11.8 Å². The highest BCUT2D eigenvalue weighted by molar-refractivity contribution is 6.21. The molecule has 0 aliphatic carbocycles. The Morgan fingerprint density at radius 1 is 1.30 bits per heavy atom. The van der Waals surface area contributed by atoms with Crippen molar-refractivity contribution in [2.75, 3.05) is 19.9 Å². The average molecular weight is 322 g/mol. The Morgan fingerprint density at radius 2 is 1.87 bits per heavy atom. The highest BCUT2D eigenvalue weighted by atomic mass is 16.7. The third-order valence-corrected chi connectivity index (χ3v) is 3.34. The molecule has 1 aliphatic rings. The first-order valence-corrected chi connectivity index (χ1v) is 7.10. The summed E-state index contributed by atoms with van der Waals surface area (Å²) in [6.07, 6.45) is 0. The molecule has 9 nitrogen and oxygen atoms in total. The van der Waals surface area contributed by atoms with E-state index in [-0.39, 0.29) is 24.2 Å². The molecule has 1 aromatic rings. The summed E-state index contributed by atoms with van der Waals surface area (Å²) in [5.74, 6) is -0.983. The number of hydrogen-bond acceptors (Lipinski definition) is 6. The fraction of sp³-hybridized carbons (Fsp3) is 0.429. The van der Waals surface area contributed by atoms with Crippen molar-refractivity contribution in [3.05, 3.63) is 40.6 Å². The topological polar surface area (TPSA) is 109 Å². The zero-order valence-electron chi connectivity index (χ0n) is 12.9. The minimum Gasteiger partial charge on any atom is -0.569 e. The fourth-order valence-corrected chi connectivity index (χ4v) is 2.18. The van der Waals surface area contributed by atoms with Crippen LogP contribution in [0.25, 0.3) is 0 Å². The number of aliphatic hydroxyl groups excluding tert-OH is 1. The molecule has 2 rings (SSSR count). The number of imide groups is 1.